The number of methoxy groups -OCH3 is 1. The molecule has 0 bridgehead atoms. The molecule has 112 valence electrons. The Labute approximate surface area is 133 Å². The van der Waals surface area contributed by atoms with Gasteiger partial charge in [0.25, 0.3) is 0 Å². The van der Waals surface area contributed by atoms with Gasteiger partial charge in [-0.15, -0.1) is 11.3 Å². The summed E-state index contributed by atoms with van der Waals surface area (Å²) in [6, 6.07) is 12.8. The lowest BCUT2D eigenvalue weighted by Gasteiger charge is -2.10. The minimum atomic E-state index is 0.172. The highest BCUT2D eigenvalue weighted by atomic mass is 32.1. The number of nitrogens with zero attached hydrogens (tertiary/aromatic N) is 1. The van der Waals surface area contributed by atoms with Crippen LogP contribution in [0, 0.1) is 6.92 Å². The quantitative estimate of drug-likeness (QED) is 0.773. The second-order valence-corrected chi connectivity index (χ2v) is 6.52. The Hall–Kier alpha value is -1.95. The maximum atomic E-state index is 5.36. The van der Waals surface area contributed by atoms with Gasteiger partial charge in [-0.05, 0) is 24.1 Å². The molecule has 1 aromatic carbocycles. The van der Waals surface area contributed by atoms with Crippen LogP contribution < -0.4 is 10.9 Å². The molecule has 2 N–H and O–H groups in total. The van der Waals surface area contributed by atoms with Gasteiger partial charge in [-0.2, -0.15) is 0 Å². The van der Waals surface area contributed by atoms with Crippen molar-refractivity contribution in [2.45, 2.75) is 19.6 Å². The lowest BCUT2D eigenvalue weighted by Crippen LogP contribution is -2.19. The number of nitrogens with one attached hydrogen (secondary N) is 2. The van der Waals surface area contributed by atoms with Gasteiger partial charge in [0.2, 0.25) is 0 Å². The summed E-state index contributed by atoms with van der Waals surface area (Å²) in [6.07, 6.45) is 0. The predicted molar refractivity (Wildman–Crippen MR) is 90.1 cm³/mol. The molecule has 0 saturated carbocycles. The van der Waals surface area contributed by atoms with Gasteiger partial charge in [-0.3, -0.25) is 0 Å². The van der Waals surface area contributed by atoms with Crippen LogP contribution in [0.25, 0.3) is 10.2 Å². The average Bonchev–Trinajstić information content (AvgIpc) is 3.06. The van der Waals surface area contributed by atoms with Crippen LogP contribution in [0.1, 0.15) is 27.7 Å². The fraction of sp³-hybridized carbons (Fsp3) is 0.235. The van der Waals surface area contributed by atoms with Crippen molar-refractivity contribution in [3.8, 4) is 0 Å². The summed E-state index contributed by atoms with van der Waals surface area (Å²) in [6.45, 7) is 2.63. The van der Waals surface area contributed by atoms with Crippen molar-refractivity contribution in [1.82, 2.24) is 10.4 Å². The van der Waals surface area contributed by atoms with Crippen LogP contribution in [0.4, 0.5) is 5.69 Å². The SMILES string of the molecule is COCc1cc(C)nc2sc3c(c12)NNC3c1ccccc1. The number of benzene rings is 1. The number of pyridine rings is 1. The minimum absolute atomic E-state index is 0.172. The number of anilines is 1. The lowest BCUT2D eigenvalue weighted by atomic mass is 10.0. The first-order valence-corrected chi connectivity index (χ1v) is 8.08. The molecule has 3 heterocycles. The smallest absolute Gasteiger partial charge is 0.126 e. The monoisotopic (exact) mass is 311 g/mol. The summed E-state index contributed by atoms with van der Waals surface area (Å²) >= 11 is 1.75. The van der Waals surface area contributed by atoms with E-state index >= 15 is 0 Å². The van der Waals surface area contributed by atoms with E-state index in [-0.39, 0.29) is 6.04 Å². The van der Waals surface area contributed by atoms with Crippen molar-refractivity contribution in [2.75, 3.05) is 12.5 Å². The van der Waals surface area contributed by atoms with Crippen LogP contribution in [0.2, 0.25) is 0 Å². The van der Waals surface area contributed by atoms with Gasteiger partial charge in [0.1, 0.15) is 4.83 Å². The van der Waals surface area contributed by atoms with Crippen LogP contribution >= 0.6 is 11.3 Å². The third kappa shape index (κ3) is 2.09. The van der Waals surface area contributed by atoms with E-state index in [0.29, 0.717) is 6.61 Å². The van der Waals surface area contributed by atoms with Crippen LogP contribution in [-0.4, -0.2) is 12.1 Å². The van der Waals surface area contributed by atoms with Crippen molar-refractivity contribution >= 4 is 27.2 Å². The molecule has 1 aliphatic rings. The number of fused-ring (bicyclic) bond motifs is 3. The van der Waals surface area contributed by atoms with E-state index in [9.17, 15) is 0 Å². The Morgan fingerprint density at radius 3 is 2.86 bits per heavy atom. The highest BCUT2D eigenvalue weighted by molar-refractivity contribution is 7.19. The number of thiophene rings is 1. The van der Waals surface area contributed by atoms with Crippen LogP contribution in [0.15, 0.2) is 36.4 Å². The summed E-state index contributed by atoms with van der Waals surface area (Å²) in [7, 11) is 1.73. The Morgan fingerprint density at radius 2 is 2.09 bits per heavy atom. The molecule has 0 spiro atoms. The fourth-order valence-corrected chi connectivity index (χ4v) is 4.32. The summed E-state index contributed by atoms with van der Waals surface area (Å²) in [5.74, 6) is 0. The van der Waals surface area contributed by atoms with Gasteiger partial charge in [-0.1, -0.05) is 30.3 Å². The minimum Gasteiger partial charge on any atom is -0.380 e. The van der Waals surface area contributed by atoms with E-state index in [1.165, 1.54) is 21.4 Å². The van der Waals surface area contributed by atoms with E-state index in [0.717, 1.165) is 16.2 Å². The second kappa shape index (κ2) is 5.35. The first-order chi connectivity index (χ1) is 10.8. The fourth-order valence-electron chi connectivity index (χ4n) is 3.02. The lowest BCUT2D eigenvalue weighted by molar-refractivity contribution is 0.186. The summed E-state index contributed by atoms with van der Waals surface area (Å²) in [4.78, 5) is 7.07. The number of ether oxygens (including phenoxy) is 1. The average molecular weight is 311 g/mol. The number of rotatable bonds is 3. The molecule has 1 atom stereocenters. The third-order valence-corrected chi connectivity index (χ3v) is 5.08. The highest BCUT2D eigenvalue weighted by Gasteiger charge is 2.29. The maximum absolute atomic E-state index is 5.36. The highest BCUT2D eigenvalue weighted by Crippen LogP contribution is 2.45. The summed E-state index contributed by atoms with van der Waals surface area (Å²) in [5.41, 5.74) is 11.4. The Morgan fingerprint density at radius 1 is 1.27 bits per heavy atom. The van der Waals surface area contributed by atoms with Gasteiger partial charge in [0, 0.05) is 18.2 Å². The molecule has 1 unspecified atom stereocenters. The molecule has 3 aromatic rings. The molecule has 0 amide bonds. The molecule has 2 aromatic heterocycles. The first-order valence-electron chi connectivity index (χ1n) is 7.26. The van der Waals surface area contributed by atoms with Gasteiger partial charge in [0.15, 0.2) is 0 Å². The van der Waals surface area contributed by atoms with E-state index in [4.69, 9.17) is 9.72 Å². The Bertz CT molecular complexity index is 829. The molecule has 22 heavy (non-hydrogen) atoms. The number of aryl methyl sites for hydroxylation is 1. The summed E-state index contributed by atoms with van der Waals surface area (Å²) in [5, 5.41) is 1.18. The van der Waals surface area contributed by atoms with Crippen molar-refractivity contribution in [2.24, 2.45) is 0 Å². The molecule has 0 aliphatic carbocycles. The van der Waals surface area contributed by atoms with E-state index in [1.807, 2.05) is 13.0 Å². The number of aromatic nitrogens is 1. The molecule has 0 fully saturated rings. The number of hydrazine groups is 1. The van der Waals surface area contributed by atoms with Crippen molar-refractivity contribution < 1.29 is 4.74 Å². The van der Waals surface area contributed by atoms with Crippen LogP contribution in [0.3, 0.4) is 0 Å². The Kier molecular flexibility index (Phi) is 3.33. The molecular formula is C17H17N3OS. The largest absolute Gasteiger partial charge is 0.380 e. The zero-order valence-electron chi connectivity index (χ0n) is 12.5. The van der Waals surface area contributed by atoms with E-state index in [2.05, 4.69) is 41.2 Å². The van der Waals surface area contributed by atoms with Gasteiger partial charge >= 0.3 is 0 Å². The molecule has 4 rings (SSSR count). The topological polar surface area (TPSA) is 46.2 Å². The summed E-state index contributed by atoms with van der Waals surface area (Å²) < 4.78 is 5.36. The molecule has 0 radical (unpaired) electrons. The standard InChI is InChI=1S/C17H17N3OS/c1-10-8-12(9-21-2)13-15-16(22-17(13)18-10)14(19-20-15)11-6-4-3-5-7-11/h3-8,14,19-20H,9H2,1-2H3. The van der Waals surface area contributed by atoms with Crippen molar-refractivity contribution in [3.05, 3.63) is 58.1 Å². The van der Waals surface area contributed by atoms with Crippen LogP contribution in [0.5, 0.6) is 0 Å². The van der Waals surface area contributed by atoms with Crippen molar-refractivity contribution in [1.29, 1.82) is 0 Å². The molecule has 4 nitrogen and oxygen atoms in total. The predicted octanol–water partition coefficient (Wildman–Crippen LogP) is 3.77. The molecule has 5 heteroatoms. The zero-order chi connectivity index (χ0) is 15.1. The Balaban J connectivity index is 1.89. The second-order valence-electron chi connectivity index (χ2n) is 5.49. The number of hydrogen-bond acceptors (Lipinski definition) is 5. The molecule has 0 saturated heterocycles. The number of hydrogen-bond donors (Lipinski definition) is 2. The first kappa shape index (κ1) is 13.7. The maximum Gasteiger partial charge on any atom is 0.126 e. The molecule has 1 aliphatic heterocycles. The third-order valence-electron chi connectivity index (χ3n) is 3.94. The van der Waals surface area contributed by atoms with Gasteiger partial charge in [-0.25, -0.2) is 10.4 Å². The van der Waals surface area contributed by atoms with Gasteiger partial charge in [0.05, 0.1) is 23.2 Å². The van der Waals surface area contributed by atoms with E-state index < -0.39 is 0 Å². The molecular weight excluding hydrogens is 294 g/mol. The van der Waals surface area contributed by atoms with Gasteiger partial charge < -0.3 is 10.2 Å². The normalized spacial score (nSPS) is 16.7. The van der Waals surface area contributed by atoms with Crippen LogP contribution in [-0.2, 0) is 11.3 Å². The zero-order valence-corrected chi connectivity index (χ0v) is 13.3. The van der Waals surface area contributed by atoms with Crippen molar-refractivity contribution in [3.63, 3.8) is 0 Å². The van der Waals surface area contributed by atoms with E-state index in [1.54, 1.807) is 18.4 Å².